The Kier molecular flexibility index (Phi) is 6.46. The minimum absolute atomic E-state index is 0.497. The predicted molar refractivity (Wildman–Crippen MR) is 92.5 cm³/mol. The highest BCUT2D eigenvalue weighted by Crippen LogP contribution is 2.55. The molecule has 2 aliphatic rings. The van der Waals surface area contributed by atoms with Gasteiger partial charge in [0.1, 0.15) is 0 Å². The van der Waals surface area contributed by atoms with Gasteiger partial charge in [0.05, 0.1) is 0 Å². The average molecular weight is 301 g/mol. The molecule has 0 amide bonds. The van der Waals surface area contributed by atoms with E-state index in [1.165, 1.54) is 70.6 Å². The van der Waals surface area contributed by atoms with E-state index in [9.17, 15) is 0 Å². The van der Waals surface area contributed by atoms with Crippen LogP contribution in [0.15, 0.2) is 0 Å². The molecule has 0 aliphatic heterocycles. The van der Waals surface area contributed by atoms with Crippen LogP contribution in [0.25, 0.3) is 0 Å². The zero-order chi connectivity index (χ0) is 13.7. The summed E-state index contributed by atoms with van der Waals surface area (Å²) in [5.41, 5.74) is 0.497. The predicted octanol–water partition coefficient (Wildman–Crippen LogP) is 5.77. The Balaban J connectivity index is 2.25. The van der Waals surface area contributed by atoms with Crippen LogP contribution in [0.5, 0.6) is 0 Å². The van der Waals surface area contributed by atoms with E-state index >= 15 is 0 Å². The van der Waals surface area contributed by atoms with Crippen molar-refractivity contribution in [1.29, 1.82) is 0 Å². The lowest BCUT2D eigenvalue weighted by atomic mass is 9.58. The van der Waals surface area contributed by atoms with Gasteiger partial charge in [-0.2, -0.15) is 25.3 Å². The first-order chi connectivity index (χ1) is 9.25. The minimum Gasteiger partial charge on any atom is -0.179 e. The largest absolute Gasteiger partial charge is 0.179 e. The number of hydrogen-bond donors (Lipinski definition) is 2. The maximum absolute atomic E-state index is 5.10. The second kappa shape index (κ2) is 7.64. The molecule has 2 heteroatoms. The normalized spacial score (nSPS) is 27.3. The molecule has 0 heterocycles. The highest BCUT2D eigenvalue weighted by Gasteiger charge is 2.48. The van der Waals surface area contributed by atoms with Gasteiger partial charge in [-0.25, -0.2) is 0 Å². The van der Waals surface area contributed by atoms with E-state index in [4.69, 9.17) is 12.6 Å². The molecule has 0 radical (unpaired) electrons. The van der Waals surface area contributed by atoms with Gasteiger partial charge in [-0.1, -0.05) is 39.0 Å². The lowest BCUT2D eigenvalue weighted by Crippen LogP contribution is -2.46. The van der Waals surface area contributed by atoms with Crippen LogP contribution in [0.4, 0.5) is 0 Å². The molecule has 0 bridgehead atoms. The van der Waals surface area contributed by atoms with Gasteiger partial charge in [0.25, 0.3) is 0 Å². The van der Waals surface area contributed by atoms with E-state index in [0.29, 0.717) is 10.7 Å². The van der Waals surface area contributed by atoms with Crippen LogP contribution in [0, 0.1) is 17.3 Å². The zero-order valence-electron chi connectivity index (χ0n) is 12.6. The Morgan fingerprint density at radius 3 is 1.84 bits per heavy atom. The summed E-state index contributed by atoms with van der Waals surface area (Å²) in [5.74, 6) is 2.91. The molecule has 2 rings (SSSR count). The van der Waals surface area contributed by atoms with Crippen molar-refractivity contribution in [3.8, 4) is 0 Å². The summed E-state index contributed by atoms with van der Waals surface area (Å²) in [4.78, 5) is 0. The topological polar surface area (TPSA) is 0 Å². The number of thiol groups is 2. The van der Waals surface area contributed by atoms with Crippen LogP contribution in [0.2, 0.25) is 0 Å². The summed E-state index contributed by atoms with van der Waals surface area (Å²) < 4.78 is 0. The van der Waals surface area contributed by atoms with Gasteiger partial charge in [0, 0.05) is 5.25 Å². The second-order valence-electron chi connectivity index (χ2n) is 6.83. The lowest BCUT2D eigenvalue weighted by Gasteiger charge is -2.51. The van der Waals surface area contributed by atoms with Gasteiger partial charge in [-0.05, 0) is 61.5 Å². The SMILES string of the molecule is CCC(S)C(CCS)(C1CCCCC1)C1CCCC1. The third kappa shape index (κ3) is 3.31. The molecule has 19 heavy (non-hydrogen) atoms. The third-order valence-electron chi connectivity index (χ3n) is 6.03. The molecule has 0 aromatic heterocycles. The molecule has 0 aromatic carbocycles. The molecule has 0 nitrogen and oxygen atoms in total. The van der Waals surface area contributed by atoms with E-state index in [1.807, 2.05) is 0 Å². The monoisotopic (exact) mass is 300 g/mol. The molecule has 0 saturated heterocycles. The summed E-state index contributed by atoms with van der Waals surface area (Å²) >= 11 is 9.72. The van der Waals surface area contributed by atoms with E-state index < -0.39 is 0 Å². The maximum atomic E-state index is 5.10. The Morgan fingerprint density at radius 1 is 0.947 bits per heavy atom. The van der Waals surface area contributed by atoms with Crippen LogP contribution in [0.1, 0.15) is 77.6 Å². The van der Waals surface area contributed by atoms with Crippen molar-refractivity contribution in [1.82, 2.24) is 0 Å². The standard InChI is InChI=1S/C17H32S2/c1-2-16(19)17(12-13-18,15-10-6-7-11-15)14-8-4-3-5-9-14/h14-16,18-19H,2-13H2,1H3. The smallest absolute Gasteiger partial charge is 0.00762 e. The Labute approximate surface area is 131 Å². The first-order valence-electron chi connectivity index (χ1n) is 8.54. The molecule has 0 N–H and O–H groups in total. The molecular formula is C17H32S2. The van der Waals surface area contributed by atoms with E-state index in [-0.39, 0.29) is 0 Å². The van der Waals surface area contributed by atoms with Gasteiger partial charge in [0.15, 0.2) is 0 Å². The van der Waals surface area contributed by atoms with Crippen molar-refractivity contribution in [2.75, 3.05) is 5.75 Å². The van der Waals surface area contributed by atoms with Crippen molar-refractivity contribution in [3.05, 3.63) is 0 Å². The molecule has 0 aromatic rings. The summed E-state index contributed by atoms with van der Waals surface area (Å²) in [6.45, 7) is 2.34. The Hall–Kier alpha value is 0.700. The van der Waals surface area contributed by atoms with E-state index in [2.05, 4.69) is 19.6 Å². The van der Waals surface area contributed by atoms with Crippen molar-refractivity contribution in [2.24, 2.45) is 17.3 Å². The molecule has 112 valence electrons. The minimum atomic E-state index is 0.497. The lowest BCUT2D eigenvalue weighted by molar-refractivity contribution is 0.0384. The highest BCUT2D eigenvalue weighted by atomic mass is 32.1. The Morgan fingerprint density at radius 2 is 1.42 bits per heavy atom. The molecule has 0 spiro atoms. The van der Waals surface area contributed by atoms with Crippen LogP contribution in [-0.4, -0.2) is 11.0 Å². The fourth-order valence-corrected chi connectivity index (χ4v) is 6.07. The molecule has 2 unspecified atom stereocenters. The number of hydrogen-bond acceptors (Lipinski definition) is 2. The van der Waals surface area contributed by atoms with Crippen molar-refractivity contribution < 1.29 is 0 Å². The number of rotatable bonds is 6. The fourth-order valence-electron chi connectivity index (χ4n) is 5.13. The van der Waals surface area contributed by atoms with Crippen LogP contribution < -0.4 is 0 Å². The van der Waals surface area contributed by atoms with Gasteiger partial charge < -0.3 is 0 Å². The zero-order valence-corrected chi connectivity index (χ0v) is 14.4. The fraction of sp³-hybridized carbons (Fsp3) is 1.00. The van der Waals surface area contributed by atoms with Gasteiger partial charge in [0.2, 0.25) is 0 Å². The van der Waals surface area contributed by atoms with Gasteiger partial charge in [-0.3, -0.25) is 0 Å². The third-order valence-corrected chi connectivity index (χ3v) is 7.10. The first-order valence-corrected chi connectivity index (χ1v) is 9.69. The molecule has 2 aliphatic carbocycles. The second-order valence-corrected chi connectivity index (χ2v) is 7.90. The summed E-state index contributed by atoms with van der Waals surface area (Å²) in [6.07, 6.45) is 15.6. The maximum Gasteiger partial charge on any atom is 0.00762 e. The van der Waals surface area contributed by atoms with Crippen molar-refractivity contribution >= 4 is 25.3 Å². The van der Waals surface area contributed by atoms with Crippen LogP contribution in [-0.2, 0) is 0 Å². The first kappa shape index (κ1) is 16.1. The molecular weight excluding hydrogens is 268 g/mol. The van der Waals surface area contributed by atoms with Crippen LogP contribution >= 0.6 is 25.3 Å². The average Bonchev–Trinajstić information content (AvgIpc) is 2.99. The molecule has 2 fully saturated rings. The van der Waals surface area contributed by atoms with Gasteiger partial charge in [-0.15, -0.1) is 0 Å². The van der Waals surface area contributed by atoms with Crippen LogP contribution in [0.3, 0.4) is 0 Å². The quantitative estimate of drug-likeness (QED) is 0.571. The summed E-state index contributed by atoms with van der Waals surface area (Å²) in [6, 6.07) is 0. The van der Waals surface area contributed by atoms with Crippen molar-refractivity contribution in [2.45, 2.75) is 82.8 Å². The van der Waals surface area contributed by atoms with Gasteiger partial charge >= 0.3 is 0 Å². The van der Waals surface area contributed by atoms with E-state index in [0.717, 1.165) is 17.6 Å². The summed E-state index contributed by atoms with van der Waals surface area (Å²) in [7, 11) is 0. The molecule has 2 saturated carbocycles. The highest BCUT2D eigenvalue weighted by molar-refractivity contribution is 7.81. The van der Waals surface area contributed by atoms with Crippen molar-refractivity contribution in [3.63, 3.8) is 0 Å². The molecule has 2 atom stereocenters. The van der Waals surface area contributed by atoms with E-state index in [1.54, 1.807) is 0 Å². The summed E-state index contributed by atoms with van der Waals surface area (Å²) in [5, 5.41) is 0.589. The Bertz CT molecular complexity index is 254.